The molecule has 1 aliphatic heterocycles. The van der Waals surface area contributed by atoms with Gasteiger partial charge in [0.25, 0.3) is 0 Å². The summed E-state index contributed by atoms with van der Waals surface area (Å²) in [6.45, 7) is 5.01. The monoisotopic (exact) mass is 488 g/mol. The Morgan fingerprint density at radius 3 is 2.45 bits per heavy atom. The van der Waals surface area contributed by atoms with Crippen LogP contribution in [0.25, 0.3) is 21.3 Å². The van der Waals surface area contributed by atoms with Crippen LogP contribution in [-0.4, -0.2) is 67.9 Å². The predicted molar refractivity (Wildman–Crippen MR) is 131 cm³/mol. The first-order valence-corrected chi connectivity index (χ1v) is 13.6. The number of carbonyl (C=O) groups excluding carboxylic acids is 1. The van der Waals surface area contributed by atoms with E-state index in [0.29, 0.717) is 18.0 Å². The third-order valence-corrected chi connectivity index (χ3v) is 7.96. The number of carbonyl (C=O) groups is 1. The number of fused-ring (bicyclic) bond motifs is 1. The fourth-order valence-electron chi connectivity index (χ4n) is 4.06. The van der Waals surface area contributed by atoms with Crippen molar-refractivity contribution >= 4 is 43.3 Å². The van der Waals surface area contributed by atoms with Gasteiger partial charge in [-0.2, -0.15) is 0 Å². The highest BCUT2D eigenvalue weighted by Crippen LogP contribution is 2.38. The van der Waals surface area contributed by atoms with E-state index in [9.17, 15) is 13.2 Å². The summed E-state index contributed by atoms with van der Waals surface area (Å²) in [6.07, 6.45) is 4.07. The van der Waals surface area contributed by atoms with Gasteiger partial charge in [-0.1, -0.05) is 12.1 Å². The molecular weight excluding hydrogens is 460 g/mol. The van der Waals surface area contributed by atoms with Crippen molar-refractivity contribution in [2.45, 2.75) is 43.7 Å². The van der Waals surface area contributed by atoms with Crippen LogP contribution in [0.2, 0.25) is 0 Å². The Morgan fingerprint density at radius 1 is 1.18 bits per heavy atom. The lowest BCUT2D eigenvalue weighted by atomic mass is 10.0. The van der Waals surface area contributed by atoms with Crippen molar-refractivity contribution in [2.24, 2.45) is 0 Å². The average molecular weight is 489 g/mol. The smallest absolute Gasteiger partial charge is 0.410 e. The lowest BCUT2D eigenvalue weighted by Gasteiger charge is -2.37. The van der Waals surface area contributed by atoms with Gasteiger partial charge in [-0.25, -0.2) is 23.2 Å². The number of piperidine rings is 1. The standard InChI is InChI=1S/C23H28N4O4S2/c1-15(2)31-23(28)27-11-9-17(10-12-27)26(3)22-21-20(24-14-25-22)19(13-32-21)16-5-7-18(8-6-16)33(4,29)30/h5-8,13-15,17H,9-12H2,1-4H3. The van der Waals surface area contributed by atoms with Crippen molar-refractivity contribution in [3.8, 4) is 11.1 Å². The van der Waals surface area contributed by atoms with Gasteiger partial charge in [0.2, 0.25) is 0 Å². The van der Waals surface area contributed by atoms with Gasteiger partial charge < -0.3 is 14.5 Å². The number of hydrogen-bond acceptors (Lipinski definition) is 8. The highest BCUT2D eigenvalue weighted by Gasteiger charge is 2.28. The van der Waals surface area contributed by atoms with Crippen molar-refractivity contribution in [1.82, 2.24) is 14.9 Å². The number of benzene rings is 1. The summed E-state index contributed by atoms with van der Waals surface area (Å²) in [6, 6.07) is 7.14. The zero-order valence-corrected chi connectivity index (χ0v) is 20.8. The van der Waals surface area contributed by atoms with Crippen molar-refractivity contribution in [3.05, 3.63) is 36.0 Å². The first kappa shape index (κ1) is 23.4. The van der Waals surface area contributed by atoms with Crippen LogP contribution in [-0.2, 0) is 14.6 Å². The maximum Gasteiger partial charge on any atom is 0.410 e. The van der Waals surface area contributed by atoms with Crippen LogP contribution in [0.1, 0.15) is 26.7 Å². The fraction of sp³-hybridized carbons (Fsp3) is 0.435. The molecule has 3 aromatic rings. The Kier molecular flexibility index (Phi) is 6.58. The van der Waals surface area contributed by atoms with E-state index in [1.54, 1.807) is 34.7 Å². The van der Waals surface area contributed by atoms with E-state index in [2.05, 4.69) is 14.9 Å². The summed E-state index contributed by atoms with van der Waals surface area (Å²) in [7, 11) is -1.20. The minimum atomic E-state index is -3.24. The van der Waals surface area contributed by atoms with Crippen LogP contribution < -0.4 is 4.90 Å². The molecule has 0 bridgehead atoms. The molecule has 0 radical (unpaired) electrons. The summed E-state index contributed by atoms with van der Waals surface area (Å²) < 4.78 is 29.8. The molecule has 0 N–H and O–H groups in total. The van der Waals surface area contributed by atoms with Gasteiger partial charge in [0.15, 0.2) is 9.84 Å². The van der Waals surface area contributed by atoms with Gasteiger partial charge in [-0.05, 0) is 44.4 Å². The van der Waals surface area contributed by atoms with Crippen LogP contribution in [0, 0.1) is 0 Å². The van der Waals surface area contributed by atoms with Crippen molar-refractivity contribution in [1.29, 1.82) is 0 Å². The largest absolute Gasteiger partial charge is 0.447 e. The maximum atomic E-state index is 12.2. The van der Waals surface area contributed by atoms with Crippen LogP contribution in [0.4, 0.5) is 10.6 Å². The first-order chi connectivity index (χ1) is 15.6. The molecule has 1 fully saturated rings. The Morgan fingerprint density at radius 2 is 1.85 bits per heavy atom. The molecule has 1 aromatic carbocycles. The first-order valence-electron chi connectivity index (χ1n) is 10.9. The van der Waals surface area contributed by atoms with E-state index in [1.165, 1.54) is 6.26 Å². The van der Waals surface area contributed by atoms with Gasteiger partial charge in [-0.3, -0.25) is 0 Å². The van der Waals surface area contributed by atoms with Crippen LogP contribution in [0.5, 0.6) is 0 Å². The molecule has 4 rings (SSSR count). The number of anilines is 1. The van der Waals surface area contributed by atoms with Crippen LogP contribution in [0.3, 0.4) is 0 Å². The SMILES string of the molecule is CC(C)OC(=O)N1CCC(N(C)c2ncnc3c(-c4ccc(S(C)(=O)=O)cc4)csc23)CC1. The molecule has 10 heteroatoms. The quantitative estimate of drug-likeness (QED) is 0.531. The number of sulfone groups is 1. The normalized spacial score (nSPS) is 15.2. The van der Waals surface area contributed by atoms with E-state index in [0.717, 1.165) is 40.0 Å². The van der Waals surface area contributed by atoms with Crippen molar-refractivity contribution < 1.29 is 17.9 Å². The number of nitrogens with zero attached hydrogens (tertiary/aromatic N) is 4. The number of aromatic nitrogens is 2. The second kappa shape index (κ2) is 9.26. The summed E-state index contributed by atoms with van der Waals surface area (Å²) >= 11 is 1.58. The highest BCUT2D eigenvalue weighted by atomic mass is 32.2. The molecule has 2 aromatic heterocycles. The minimum Gasteiger partial charge on any atom is -0.447 e. The van der Waals surface area contributed by atoms with E-state index in [4.69, 9.17) is 4.74 Å². The molecule has 1 amide bonds. The number of hydrogen-bond donors (Lipinski definition) is 0. The van der Waals surface area contributed by atoms with E-state index < -0.39 is 9.84 Å². The van der Waals surface area contributed by atoms with Crippen LogP contribution in [0.15, 0.2) is 40.9 Å². The van der Waals surface area contributed by atoms with Crippen LogP contribution >= 0.6 is 11.3 Å². The zero-order valence-electron chi connectivity index (χ0n) is 19.2. The lowest BCUT2D eigenvalue weighted by molar-refractivity contribution is 0.0692. The molecule has 0 spiro atoms. The summed E-state index contributed by atoms with van der Waals surface area (Å²) in [5.74, 6) is 0.868. The Bertz CT molecular complexity index is 1250. The predicted octanol–water partition coefficient (Wildman–Crippen LogP) is 4.21. The minimum absolute atomic E-state index is 0.122. The van der Waals surface area contributed by atoms with Gasteiger partial charge in [0, 0.05) is 43.4 Å². The average Bonchev–Trinajstić information content (AvgIpc) is 3.22. The van der Waals surface area contributed by atoms with Gasteiger partial charge in [0.1, 0.15) is 12.1 Å². The molecule has 176 valence electrons. The lowest BCUT2D eigenvalue weighted by Crippen LogP contribution is -2.46. The van der Waals surface area contributed by atoms with Gasteiger partial charge >= 0.3 is 6.09 Å². The third kappa shape index (κ3) is 4.96. The summed E-state index contributed by atoms with van der Waals surface area (Å²) in [5.41, 5.74) is 2.72. The van der Waals surface area contributed by atoms with Crippen molar-refractivity contribution in [3.63, 3.8) is 0 Å². The topological polar surface area (TPSA) is 92.7 Å². The van der Waals surface area contributed by atoms with E-state index in [1.807, 2.05) is 38.4 Å². The molecule has 3 heterocycles. The Labute approximate surface area is 198 Å². The molecule has 0 saturated carbocycles. The fourth-order valence-corrected chi connectivity index (χ4v) is 5.75. The van der Waals surface area contributed by atoms with Gasteiger partial charge in [-0.15, -0.1) is 11.3 Å². The maximum absolute atomic E-state index is 12.2. The third-order valence-electron chi connectivity index (χ3n) is 5.87. The number of amides is 1. The number of rotatable bonds is 5. The molecule has 8 nitrogen and oxygen atoms in total. The summed E-state index contributed by atoms with van der Waals surface area (Å²) in [4.78, 5) is 25.5. The van der Waals surface area contributed by atoms with Crippen molar-refractivity contribution in [2.75, 3.05) is 31.3 Å². The Balaban J connectivity index is 1.54. The number of likely N-dealkylation sites (tertiary alicyclic amines) is 1. The Hall–Kier alpha value is -2.72. The number of thiophene rings is 1. The van der Waals surface area contributed by atoms with E-state index in [-0.39, 0.29) is 18.2 Å². The molecule has 0 atom stereocenters. The zero-order chi connectivity index (χ0) is 23.8. The molecule has 0 aliphatic carbocycles. The molecule has 0 unspecified atom stereocenters. The van der Waals surface area contributed by atoms with E-state index >= 15 is 0 Å². The number of ether oxygens (including phenoxy) is 1. The molecule has 33 heavy (non-hydrogen) atoms. The molecular formula is C23H28N4O4S2. The summed E-state index contributed by atoms with van der Waals surface area (Å²) in [5, 5.41) is 2.04. The van der Waals surface area contributed by atoms with Gasteiger partial charge in [0.05, 0.1) is 21.2 Å². The second-order valence-corrected chi connectivity index (χ2v) is 11.5. The molecule has 1 saturated heterocycles. The molecule has 1 aliphatic rings. The second-order valence-electron chi connectivity index (χ2n) is 8.58. The highest BCUT2D eigenvalue weighted by molar-refractivity contribution is 7.90.